The smallest absolute Gasteiger partial charge is 0.270 e. The highest BCUT2D eigenvalue weighted by atomic mass is 79.9. The average Bonchev–Trinajstić information content (AvgIpc) is 2.30. The molecular weight excluding hydrogens is 288 g/mol. The van der Waals surface area contributed by atoms with Crippen molar-refractivity contribution >= 4 is 27.3 Å². The lowest BCUT2D eigenvalue weighted by atomic mass is 10.1. The van der Waals surface area contributed by atoms with Gasteiger partial charge in [-0.15, -0.1) is 0 Å². The summed E-state index contributed by atoms with van der Waals surface area (Å²) in [6.45, 7) is 1.55. The molecule has 92 valence electrons. The SMILES string of the molecule is O=[N+]([O-])c1ccc(N2CCC(O)CC2)c(Br)c1. The van der Waals surface area contributed by atoms with Gasteiger partial charge in [-0.25, -0.2) is 0 Å². The monoisotopic (exact) mass is 300 g/mol. The van der Waals surface area contributed by atoms with Gasteiger partial charge in [0.15, 0.2) is 0 Å². The van der Waals surface area contributed by atoms with Crippen LogP contribution in [0.3, 0.4) is 0 Å². The van der Waals surface area contributed by atoms with Gasteiger partial charge in [-0.3, -0.25) is 10.1 Å². The van der Waals surface area contributed by atoms with Gasteiger partial charge in [0.05, 0.1) is 16.7 Å². The number of aliphatic hydroxyl groups is 1. The van der Waals surface area contributed by atoms with Crippen molar-refractivity contribution < 1.29 is 10.0 Å². The number of piperidine rings is 1. The number of hydrogen-bond acceptors (Lipinski definition) is 4. The largest absolute Gasteiger partial charge is 0.393 e. The molecule has 1 aliphatic heterocycles. The van der Waals surface area contributed by atoms with Crippen molar-refractivity contribution in [1.29, 1.82) is 0 Å². The number of hydrogen-bond donors (Lipinski definition) is 1. The number of nitro benzene ring substituents is 1. The fraction of sp³-hybridized carbons (Fsp3) is 0.455. The molecule has 1 aromatic rings. The Bertz CT molecular complexity index is 431. The van der Waals surface area contributed by atoms with Crippen LogP contribution < -0.4 is 4.90 Å². The minimum absolute atomic E-state index is 0.0812. The number of nitrogens with zero attached hydrogens (tertiary/aromatic N) is 2. The van der Waals surface area contributed by atoms with E-state index in [-0.39, 0.29) is 11.8 Å². The van der Waals surface area contributed by atoms with E-state index in [0.29, 0.717) is 0 Å². The van der Waals surface area contributed by atoms with Crippen LogP contribution in [0.15, 0.2) is 22.7 Å². The quantitative estimate of drug-likeness (QED) is 0.672. The summed E-state index contributed by atoms with van der Waals surface area (Å²) < 4.78 is 0.725. The summed E-state index contributed by atoms with van der Waals surface area (Å²) in [6, 6.07) is 4.77. The summed E-state index contributed by atoms with van der Waals surface area (Å²) in [5.41, 5.74) is 1.03. The molecule has 0 unspecified atom stereocenters. The van der Waals surface area contributed by atoms with Crippen molar-refractivity contribution in [2.24, 2.45) is 0 Å². The maximum Gasteiger partial charge on any atom is 0.270 e. The second kappa shape index (κ2) is 5.01. The number of rotatable bonds is 2. The van der Waals surface area contributed by atoms with Crippen LogP contribution in [-0.4, -0.2) is 29.2 Å². The number of halogens is 1. The molecule has 1 heterocycles. The molecule has 0 atom stereocenters. The van der Waals surface area contributed by atoms with Crippen molar-refractivity contribution in [2.45, 2.75) is 18.9 Å². The molecule has 1 fully saturated rings. The molecular formula is C11H13BrN2O3. The van der Waals surface area contributed by atoms with E-state index in [1.54, 1.807) is 6.07 Å². The summed E-state index contributed by atoms with van der Waals surface area (Å²) in [5, 5.41) is 20.1. The Hall–Kier alpha value is -1.14. The normalized spacial score (nSPS) is 17.2. The Morgan fingerprint density at radius 3 is 2.59 bits per heavy atom. The summed E-state index contributed by atoms with van der Waals surface area (Å²) in [7, 11) is 0. The Morgan fingerprint density at radius 2 is 2.06 bits per heavy atom. The first-order chi connectivity index (χ1) is 8.08. The number of anilines is 1. The predicted octanol–water partition coefficient (Wildman–Crippen LogP) is 2.32. The van der Waals surface area contributed by atoms with Gasteiger partial charge in [-0.1, -0.05) is 0 Å². The molecule has 2 rings (SSSR count). The van der Waals surface area contributed by atoms with Crippen molar-refractivity contribution in [3.05, 3.63) is 32.8 Å². The first kappa shape index (κ1) is 12.3. The predicted molar refractivity (Wildman–Crippen MR) is 68.3 cm³/mol. The number of nitro groups is 1. The molecule has 5 nitrogen and oxygen atoms in total. The number of benzene rings is 1. The highest BCUT2D eigenvalue weighted by Crippen LogP contribution is 2.31. The summed E-state index contributed by atoms with van der Waals surface area (Å²) in [4.78, 5) is 12.3. The van der Waals surface area contributed by atoms with Crippen LogP contribution in [0.4, 0.5) is 11.4 Å². The Balaban J connectivity index is 2.19. The lowest BCUT2D eigenvalue weighted by molar-refractivity contribution is -0.384. The third-order valence-corrected chi connectivity index (χ3v) is 3.58. The second-order valence-electron chi connectivity index (χ2n) is 4.11. The Labute approximate surface area is 107 Å². The summed E-state index contributed by atoms with van der Waals surface area (Å²) in [6.07, 6.45) is 1.26. The molecule has 1 aromatic carbocycles. The number of non-ortho nitro benzene ring substituents is 1. The maximum absolute atomic E-state index is 10.6. The molecule has 0 amide bonds. The van der Waals surface area contributed by atoms with Crippen LogP contribution in [0.5, 0.6) is 0 Å². The van der Waals surface area contributed by atoms with Gasteiger partial charge in [0.1, 0.15) is 0 Å². The van der Waals surface area contributed by atoms with E-state index >= 15 is 0 Å². The van der Waals surface area contributed by atoms with Crippen molar-refractivity contribution in [3.63, 3.8) is 0 Å². The molecule has 0 saturated carbocycles. The van der Waals surface area contributed by atoms with E-state index in [4.69, 9.17) is 0 Å². The van der Waals surface area contributed by atoms with E-state index in [0.717, 1.165) is 36.1 Å². The number of aliphatic hydroxyl groups excluding tert-OH is 1. The van der Waals surface area contributed by atoms with Crippen molar-refractivity contribution in [3.8, 4) is 0 Å². The molecule has 6 heteroatoms. The van der Waals surface area contributed by atoms with Crippen LogP contribution in [0.1, 0.15) is 12.8 Å². The van der Waals surface area contributed by atoms with Gasteiger partial charge in [0.2, 0.25) is 0 Å². The molecule has 17 heavy (non-hydrogen) atoms. The average molecular weight is 301 g/mol. The molecule has 1 aliphatic rings. The first-order valence-corrected chi connectivity index (χ1v) is 6.24. The zero-order valence-electron chi connectivity index (χ0n) is 9.17. The minimum atomic E-state index is -0.408. The molecule has 1 N–H and O–H groups in total. The van der Waals surface area contributed by atoms with E-state index in [9.17, 15) is 15.2 Å². The summed E-state index contributed by atoms with van der Waals surface area (Å²) >= 11 is 3.36. The van der Waals surface area contributed by atoms with Gasteiger partial charge in [-0.05, 0) is 34.8 Å². The fourth-order valence-corrected chi connectivity index (χ4v) is 2.59. The molecule has 0 aliphatic carbocycles. The Morgan fingerprint density at radius 1 is 1.41 bits per heavy atom. The highest BCUT2D eigenvalue weighted by Gasteiger charge is 2.20. The van der Waals surface area contributed by atoms with Gasteiger partial charge >= 0.3 is 0 Å². The van der Waals surface area contributed by atoms with Crippen molar-refractivity contribution in [1.82, 2.24) is 0 Å². The van der Waals surface area contributed by atoms with E-state index in [1.807, 2.05) is 0 Å². The Kier molecular flexibility index (Phi) is 3.63. The van der Waals surface area contributed by atoms with E-state index in [2.05, 4.69) is 20.8 Å². The zero-order valence-corrected chi connectivity index (χ0v) is 10.8. The molecule has 0 aromatic heterocycles. The van der Waals surface area contributed by atoms with E-state index < -0.39 is 4.92 Å². The highest BCUT2D eigenvalue weighted by molar-refractivity contribution is 9.10. The maximum atomic E-state index is 10.6. The van der Waals surface area contributed by atoms with Gasteiger partial charge in [-0.2, -0.15) is 0 Å². The van der Waals surface area contributed by atoms with Gasteiger partial charge < -0.3 is 10.0 Å². The van der Waals surface area contributed by atoms with Crippen LogP contribution in [-0.2, 0) is 0 Å². The van der Waals surface area contributed by atoms with Crippen LogP contribution in [0, 0.1) is 10.1 Å². The summed E-state index contributed by atoms with van der Waals surface area (Å²) in [5.74, 6) is 0. The molecule has 1 saturated heterocycles. The van der Waals surface area contributed by atoms with Crippen molar-refractivity contribution in [2.75, 3.05) is 18.0 Å². The fourth-order valence-electron chi connectivity index (χ4n) is 1.97. The third kappa shape index (κ3) is 2.76. The van der Waals surface area contributed by atoms with Crippen LogP contribution in [0.25, 0.3) is 0 Å². The first-order valence-electron chi connectivity index (χ1n) is 5.45. The second-order valence-corrected chi connectivity index (χ2v) is 4.97. The van der Waals surface area contributed by atoms with E-state index in [1.165, 1.54) is 12.1 Å². The molecule has 0 spiro atoms. The van der Waals surface area contributed by atoms with Crippen LogP contribution in [0.2, 0.25) is 0 Å². The van der Waals surface area contributed by atoms with Gasteiger partial charge in [0.25, 0.3) is 5.69 Å². The van der Waals surface area contributed by atoms with Crippen LogP contribution >= 0.6 is 15.9 Å². The third-order valence-electron chi connectivity index (χ3n) is 2.95. The van der Waals surface area contributed by atoms with Gasteiger partial charge in [0, 0.05) is 29.7 Å². The lowest BCUT2D eigenvalue weighted by Gasteiger charge is -2.32. The standard InChI is InChI=1S/C11H13BrN2O3/c12-10-7-8(14(16)17)1-2-11(10)13-5-3-9(15)4-6-13/h1-2,7,9,15H,3-6H2. The molecule has 0 radical (unpaired) electrons. The zero-order chi connectivity index (χ0) is 12.4. The topological polar surface area (TPSA) is 66.6 Å². The lowest BCUT2D eigenvalue weighted by Crippen LogP contribution is -2.35. The minimum Gasteiger partial charge on any atom is -0.393 e. The molecule has 0 bridgehead atoms.